The quantitative estimate of drug-likeness (QED) is 0.215. The first-order valence-electron chi connectivity index (χ1n) is 9.87. The van der Waals surface area contributed by atoms with Crippen molar-refractivity contribution < 1.29 is 33.3 Å². The molecule has 0 aliphatic rings. The van der Waals surface area contributed by atoms with Crippen LogP contribution in [0, 0.1) is 0 Å². The van der Waals surface area contributed by atoms with E-state index in [1.807, 2.05) is 7.05 Å². The van der Waals surface area contributed by atoms with Crippen molar-refractivity contribution in [2.45, 2.75) is 39.2 Å². The van der Waals surface area contributed by atoms with Crippen molar-refractivity contribution in [2.24, 2.45) is 0 Å². The van der Waals surface area contributed by atoms with Crippen LogP contribution in [-0.4, -0.2) is 89.7 Å². The molecule has 3 N–H and O–H groups in total. The third-order valence-corrected chi connectivity index (χ3v) is 3.21. The summed E-state index contributed by atoms with van der Waals surface area (Å²) in [5.74, 6) is -0.709. The van der Waals surface area contributed by atoms with Crippen LogP contribution in [0.15, 0.2) is 0 Å². The molecule has 0 aromatic heterocycles. The third kappa shape index (κ3) is 20.8. The van der Waals surface area contributed by atoms with E-state index >= 15 is 0 Å². The SMILES string of the molecule is CNCCOCCC(=O)NCCOCC(=O)NCCOCCC(=O)OC(C)(C)C. The summed E-state index contributed by atoms with van der Waals surface area (Å²) in [6, 6.07) is 0. The molecule has 0 saturated heterocycles. The zero-order valence-electron chi connectivity index (χ0n) is 18.1. The number of hydrogen-bond acceptors (Lipinski definition) is 8. The van der Waals surface area contributed by atoms with Crippen LogP contribution in [-0.2, 0) is 33.3 Å². The second-order valence-electron chi connectivity index (χ2n) is 7.17. The van der Waals surface area contributed by atoms with E-state index in [1.165, 1.54) is 0 Å². The third-order valence-electron chi connectivity index (χ3n) is 3.21. The van der Waals surface area contributed by atoms with E-state index in [0.717, 1.165) is 6.54 Å². The summed E-state index contributed by atoms with van der Waals surface area (Å²) in [6.45, 7) is 8.43. The monoisotopic (exact) mass is 419 g/mol. The molecule has 2 amide bonds. The number of carbonyl (C=O) groups excluding carboxylic acids is 3. The van der Waals surface area contributed by atoms with E-state index in [0.29, 0.717) is 32.9 Å². The lowest BCUT2D eigenvalue weighted by Crippen LogP contribution is -2.33. The molecule has 0 fully saturated rings. The molecule has 0 aromatic carbocycles. The van der Waals surface area contributed by atoms with Gasteiger partial charge in [0.25, 0.3) is 0 Å². The summed E-state index contributed by atoms with van der Waals surface area (Å²) >= 11 is 0. The van der Waals surface area contributed by atoms with E-state index < -0.39 is 5.60 Å². The maximum Gasteiger partial charge on any atom is 0.308 e. The number of likely N-dealkylation sites (N-methyl/N-ethyl adjacent to an activating group) is 1. The number of hydrogen-bond donors (Lipinski definition) is 3. The van der Waals surface area contributed by atoms with Crippen LogP contribution >= 0.6 is 0 Å². The summed E-state index contributed by atoms with van der Waals surface area (Å²) in [5, 5.41) is 8.27. The summed E-state index contributed by atoms with van der Waals surface area (Å²) < 4.78 is 20.9. The topological polar surface area (TPSA) is 124 Å². The Kier molecular flexibility index (Phi) is 16.1. The van der Waals surface area contributed by atoms with Crippen molar-refractivity contribution >= 4 is 17.8 Å². The van der Waals surface area contributed by atoms with Crippen molar-refractivity contribution in [3.05, 3.63) is 0 Å². The van der Waals surface area contributed by atoms with Gasteiger partial charge in [0.15, 0.2) is 0 Å². The van der Waals surface area contributed by atoms with Crippen LogP contribution in [0.3, 0.4) is 0 Å². The lowest BCUT2D eigenvalue weighted by Gasteiger charge is -2.19. The highest BCUT2D eigenvalue weighted by atomic mass is 16.6. The van der Waals surface area contributed by atoms with Gasteiger partial charge in [0.05, 0.1) is 39.5 Å². The van der Waals surface area contributed by atoms with Gasteiger partial charge in [-0.3, -0.25) is 14.4 Å². The highest BCUT2D eigenvalue weighted by Gasteiger charge is 2.15. The van der Waals surface area contributed by atoms with Crippen molar-refractivity contribution in [3.8, 4) is 0 Å². The Morgan fingerprint density at radius 2 is 1.28 bits per heavy atom. The highest BCUT2D eigenvalue weighted by molar-refractivity contribution is 5.77. The minimum absolute atomic E-state index is 0.0963. The fourth-order valence-electron chi connectivity index (χ4n) is 1.92. The van der Waals surface area contributed by atoms with Gasteiger partial charge in [0, 0.05) is 26.1 Å². The minimum atomic E-state index is -0.506. The molecule has 0 atom stereocenters. The van der Waals surface area contributed by atoms with Crippen molar-refractivity contribution in [1.29, 1.82) is 0 Å². The van der Waals surface area contributed by atoms with Gasteiger partial charge in [-0.2, -0.15) is 0 Å². The van der Waals surface area contributed by atoms with Crippen molar-refractivity contribution in [3.63, 3.8) is 0 Å². The summed E-state index contributed by atoms with van der Waals surface area (Å²) in [6.07, 6.45) is 0.459. The number of amides is 2. The van der Waals surface area contributed by atoms with E-state index in [2.05, 4.69) is 16.0 Å². The number of carbonyl (C=O) groups is 3. The predicted octanol–water partition coefficient (Wildman–Crippen LogP) is -0.390. The average Bonchev–Trinajstić information content (AvgIpc) is 2.62. The van der Waals surface area contributed by atoms with Gasteiger partial charge in [-0.05, 0) is 27.8 Å². The fourth-order valence-corrected chi connectivity index (χ4v) is 1.92. The molecule has 10 nitrogen and oxygen atoms in total. The lowest BCUT2D eigenvalue weighted by molar-refractivity contribution is -0.156. The Balaban J connectivity index is 3.44. The number of esters is 1. The van der Waals surface area contributed by atoms with Crippen molar-refractivity contribution in [1.82, 2.24) is 16.0 Å². The van der Waals surface area contributed by atoms with E-state index in [1.54, 1.807) is 20.8 Å². The van der Waals surface area contributed by atoms with Crippen LogP contribution < -0.4 is 16.0 Å². The second-order valence-corrected chi connectivity index (χ2v) is 7.17. The zero-order chi connectivity index (χ0) is 22.0. The molecule has 0 spiro atoms. The van der Waals surface area contributed by atoms with E-state index in [-0.39, 0.29) is 50.4 Å². The Bertz CT molecular complexity index is 467. The first-order valence-corrected chi connectivity index (χ1v) is 9.87. The molecule has 29 heavy (non-hydrogen) atoms. The lowest BCUT2D eigenvalue weighted by atomic mass is 10.2. The first kappa shape index (κ1) is 27.2. The number of rotatable bonds is 17. The molecule has 0 heterocycles. The maximum atomic E-state index is 11.6. The molecular weight excluding hydrogens is 382 g/mol. The predicted molar refractivity (Wildman–Crippen MR) is 107 cm³/mol. The van der Waals surface area contributed by atoms with Gasteiger partial charge in [0.2, 0.25) is 11.8 Å². The van der Waals surface area contributed by atoms with Gasteiger partial charge in [-0.1, -0.05) is 0 Å². The van der Waals surface area contributed by atoms with E-state index in [4.69, 9.17) is 18.9 Å². The molecule has 170 valence electrons. The van der Waals surface area contributed by atoms with Crippen LogP contribution in [0.2, 0.25) is 0 Å². The van der Waals surface area contributed by atoms with Gasteiger partial charge in [-0.15, -0.1) is 0 Å². The Morgan fingerprint density at radius 1 is 0.724 bits per heavy atom. The van der Waals surface area contributed by atoms with Crippen molar-refractivity contribution in [2.75, 3.05) is 66.3 Å². The highest BCUT2D eigenvalue weighted by Crippen LogP contribution is 2.07. The molecule has 0 saturated carbocycles. The summed E-state index contributed by atoms with van der Waals surface area (Å²) in [5.41, 5.74) is -0.506. The van der Waals surface area contributed by atoms with Gasteiger partial charge < -0.3 is 34.9 Å². The molecule has 0 aliphatic carbocycles. The fraction of sp³-hybridized carbons (Fsp3) is 0.842. The number of ether oxygens (including phenoxy) is 4. The van der Waals surface area contributed by atoms with Crippen LogP contribution in [0.5, 0.6) is 0 Å². The molecule has 0 rings (SSSR count). The van der Waals surface area contributed by atoms with Crippen LogP contribution in [0.25, 0.3) is 0 Å². The number of nitrogens with one attached hydrogen (secondary N) is 3. The summed E-state index contributed by atoms with van der Waals surface area (Å²) in [4.78, 5) is 34.6. The normalized spacial score (nSPS) is 11.2. The maximum absolute atomic E-state index is 11.6. The summed E-state index contributed by atoms with van der Waals surface area (Å²) in [7, 11) is 1.83. The molecule has 0 radical (unpaired) electrons. The standard InChI is InChI=1S/C19H37N3O7/c1-19(2,3)29-18(25)6-11-27-13-8-22-17(24)15-28-14-9-21-16(23)5-10-26-12-7-20-4/h20H,5-15H2,1-4H3,(H,21,23)(H,22,24). The zero-order valence-corrected chi connectivity index (χ0v) is 18.1. The molecule has 0 unspecified atom stereocenters. The molecule has 0 aliphatic heterocycles. The average molecular weight is 420 g/mol. The van der Waals surface area contributed by atoms with Crippen LogP contribution in [0.1, 0.15) is 33.6 Å². The molecule has 0 bridgehead atoms. The largest absolute Gasteiger partial charge is 0.460 e. The first-order chi connectivity index (χ1) is 13.7. The second kappa shape index (κ2) is 17.1. The molecule has 10 heteroatoms. The Morgan fingerprint density at radius 3 is 1.90 bits per heavy atom. The van der Waals surface area contributed by atoms with Crippen LogP contribution in [0.4, 0.5) is 0 Å². The van der Waals surface area contributed by atoms with E-state index in [9.17, 15) is 14.4 Å². The Hall–Kier alpha value is -1.75. The van der Waals surface area contributed by atoms with Gasteiger partial charge in [-0.25, -0.2) is 0 Å². The van der Waals surface area contributed by atoms with Gasteiger partial charge in [0.1, 0.15) is 12.2 Å². The Labute approximate surface area is 173 Å². The molecule has 0 aromatic rings. The minimum Gasteiger partial charge on any atom is -0.460 e. The molecular formula is C19H37N3O7. The smallest absolute Gasteiger partial charge is 0.308 e. The van der Waals surface area contributed by atoms with Gasteiger partial charge >= 0.3 is 5.97 Å².